The number of aliphatic hydroxyl groups is 1. The van der Waals surface area contributed by atoms with Gasteiger partial charge in [0.05, 0.1) is 12.6 Å². The maximum Gasteiger partial charge on any atom is 0.156 e. The Kier molecular flexibility index (Phi) is 6.69. The molecule has 3 unspecified atom stereocenters. The summed E-state index contributed by atoms with van der Waals surface area (Å²) in [6.45, 7) is 3.87. The number of nitrogens with one attached hydrogen (secondary N) is 1. The number of rotatable bonds is 6. The fraction of sp³-hybridized carbons (Fsp3) is 0.875. The van der Waals surface area contributed by atoms with Crippen molar-refractivity contribution in [2.45, 2.75) is 31.2 Å². The van der Waals surface area contributed by atoms with Crippen LogP contribution in [0.3, 0.4) is 0 Å². The smallest absolute Gasteiger partial charge is 0.156 e. The van der Waals surface area contributed by atoms with Crippen molar-refractivity contribution >= 4 is 17.6 Å². The van der Waals surface area contributed by atoms with Gasteiger partial charge in [-0.15, -0.1) is 0 Å². The van der Waals surface area contributed by atoms with Gasteiger partial charge < -0.3 is 21.4 Å². The zero-order valence-corrected chi connectivity index (χ0v) is 9.58. The quantitative estimate of drug-likeness (QED) is 0.216. The van der Waals surface area contributed by atoms with Crippen LogP contribution < -0.4 is 11.1 Å². The molecule has 0 bridgehead atoms. The highest BCUT2D eigenvalue weighted by molar-refractivity contribution is 7.99. The molecule has 0 aliphatic carbocycles. The van der Waals surface area contributed by atoms with Gasteiger partial charge in [0.1, 0.15) is 0 Å². The third-order valence-corrected chi connectivity index (χ3v) is 3.28. The number of nitrogens with two attached hydrogens (primary N) is 1. The average molecular weight is 221 g/mol. The van der Waals surface area contributed by atoms with E-state index in [0.717, 1.165) is 0 Å². The summed E-state index contributed by atoms with van der Waals surface area (Å²) in [5.74, 6) is 0.148. The third-order valence-electron chi connectivity index (χ3n) is 2.11. The molecule has 14 heavy (non-hydrogen) atoms. The van der Waals surface area contributed by atoms with E-state index >= 15 is 0 Å². The lowest BCUT2D eigenvalue weighted by atomic mass is 10.2. The summed E-state index contributed by atoms with van der Waals surface area (Å²) in [7, 11) is 0. The number of hydrogen-bond acceptors (Lipinski definition) is 5. The monoisotopic (exact) mass is 221 g/mol. The molecule has 3 atom stereocenters. The van der Waals surface area contributed by atoms with Crippen LogP contribution in [-0.2, 0) is 0 Å². The molecule has 84 valence electrons. The molecule has 0 saturated heterocycles. The van der Waals surface area contributed by atoms with Crippen molar-refractivity contribution < 1.29 is 10.3 Å². The van der Waals surface area contributed by atoms with Crippen LogP contribution in [0.5, 0.6) is 0 Å². The highest BCUT2D eigenvalue weighted by Crippen LogP contribution is 2.10. The van der Waals surface area contributed by atoms with Crippen molar-refractivity contribution in [3.63, 3.8) is 0 Å². The molecule has 0 aliphatic rings. The standard InChI is InChI=1S/C8H19N3O2S/c1-5(7(4-12)14-3)10-6(2)8(9)11-13/h5-7,10,12-13H,4H2,1-3H3,(H2,9,11). The first-order valence-corrected chi connectivity index (χ1v) is 5.72. The van der Waals surface area contributed by atoms with Gasteiger partial charge >= 0.3 is 0 Å². The molecule has 5 N–H and O–H groups in total. The summed E-state index contributed by atoms with van der Waals surface area (Å²) in [5, 5.41) is 23.6. The Labute approximate surface area is 88.7 Å². The number of oxime groups is 1. The molecule has 6 heteroatoms. The number of hydrogen-bond donors (Lipinski definition) is 4. The van der Waals surface area contributed by atoms with Gasteiger partial charge in [-0.05, 0) is 20.1 Å². The zero-order chi connectivity index (χ0) is 11.1. The molecule has 5 nitrogen and oxygen atoms in total. The van der Waals surface area contributed by atoms with E-state index in [2.05, 4.69) is 10.5 Å². The molecule has 0 radical (unpaired) electrons. The van der Waals surface area contributed by atoms with Crippen molar-refractivity contribution in [1.29, 1.82) is 0 Å². The molecule has 0 heterocycles. The summed E-state index contributed by atoms with van der Waals surface area (Å²) < 4.78 is 0. The Morgan fingerprint density at radius 2 is 2.14 bits per heavy atom. The highest BCUT2D eigenvalue weighted by atomic mass is 32.2. The first-order chi connectivity index (χ1) is 6.56. The van der Waals surface area contributed by atoms with E-state index in [-0.39, 0.29) is 29.8 Å². The van der Waals surface area contributed by atoms with Gasteiger partial charge in [0.25, 0.3) is 0 Å². The van der Waals surface area contributed by atoms with Crippen LogP contribution in [0.2, 0.25) is 0 Å². The zero-order valence-electron chi connectivity index (χ0n) is 8.77. The first kappa shape index (κ1) is 13.5. The van der Waals surface area contributed by atoms with Crippen molar-refractivity contribution in [2.24, 2.45) is 10.9 Å². The van der Waals surface area contributed by atoms with Crippen molar-refractivity contribution in [3.8, 4) is 0 Å². The van der Waals surface area contributed by atoms with Gasteiger partial charge in [-0.3, -0.25) is 0 Å². The van der Waals surface area contributed by atoms with Gasteiger partial charge in [-0.25, -0.2) is 0 Å². The molecular weight excluding hydrogens is 202 g/mol. The lowest BCUT2D eigenvalue weighted by molar-refractivity contribution is 0.274. The molecule has 0 fully saturated rings. The fourth-order valence-corrected chi connectivity index (χ4v) is 1.75. The van der Waals surface area contributed by atoms with Gasteiger partial charge in [-0.2, -0.15) is 11.8 Å². The molecule has 0 aromatic heterocycles. The molecule has 0 spiro atoms. The molecule has 0 aromatic carbocycles. The van der Waals surface area contributed by atoms with E-state index in [1.165, 1.54) is 0 Å². The van der Waals surface area contributed by atoms with Crippen LogP contribution in [0.1, 0.15) is 13.8 Å². The lowest BCUT2D eigenvalue weighted by Crippen LogP contribution is -2.48. The Morgan fingerprint density at radius 3 is 2.50 bits per heavy atom. The van der Waals surface area contributed by atoms with Crippen LogP contribution in [0.25, 0.3) is 0 Å². The fourth-order valence-electron chi connectivity index (χ4n) is 1.11. The van der Waals surface area contributed by atoms with Gasteiger partial charge in [0, 0.05) is 11.3 Å². The maximum atomic E-state index is 9.03. The number of aliphatic hydroxyl groups excluding tert-OH is 1. The predicted molar refractivity (Wildman–Crippen MR) is 59.9 cm³/mol. The van der Waals surface area contributed by atoms with E-state index < -0.39 is 0 Å². The van der Waals surface area contributed by atoms with Crippen molar-refractivity contribution in [2.75, 3.05) is 12.9 Å². The number of nitrogens with zero attached hydrogens (tertiary/aromatic N) is 1. The second-order valence-corrected chi connectivity index (χ2v) is 4.24. The minimum absolute atomic E-state index is 0.102. The molecule has 0 aliphatic heterocycles. The van der Waals surface area contributed by atoms with Crippen LogP contribution >= 0.6 is 11.8 Å². The Hall–Kier alpha value is -0.460. The van der Waals surface area contributed by atoms with E-state index in [9.17, 15) is 0 Å². The lowest BCUT2D eigenvalue weighted by Gasteiger charge is -2.24. The summed E-state index contributed by atoms with van der Waals surface area (Å²) in [4.78, 5) is 0. The predicted octanol–water partition coefficient (Wildman–Crippen LogP) is -0.177. The van der Waals surface area contributed by atoms with Crippen molar-refractivity contribution in [1.82, 2.24) is 5.32 Å². The van der Waals surface area contributed by atoms with Crippen LogP contribution in [0.4, 0.5) is 0 Å². The molecule has 0 amide bonds. The van der Waals surface area contributed by atoms with Crippen molar-refractivity contribution in [3.05, 3.63) is 0 Å². The second kappa shape index (κ2) is 6.92. The number of amidine groups is 1. The summed E-state index contributed by atoms with van der Waals surface area (Å²) in [6.07, 6.45) is 1.94. The minimum Gasteiger partial charge on any atom is -0.409 e. The van der Waals surface area contributed by atoms with Gasteiger partial charge in [0.15, 0.2) is 5.84 Å². The molecular formula is C8H19N3O2S. The van der Waals surface area contributed by atoms with E-state index in [4.69, 9.17) is 16.0 Å². The van der Waals surface area contributed by atoms with Crippen LogP contribution in [-0.4, -0.2) is 46.3 Å². The second-order valence-electron chi connectivity index (χ2n) is 3.16. The normalized spacial score (nSPS) is 19.0. The summed E-state index contributed by atoms with van der Waals surface area (Å²) >= 11 is 1.58. The average Bonchev–Trinajstić information content (AvgIpc) is 2.18. The van der Waals surface area contributed by atoms with Gasteiger partial charge in [-0.1, -0.05) is 5.16 Å². The Balaban J connectivity index is 4.10. The maximum absolute atomic E-state index is 9.03. The van der Waals surface area contributed by atoms with E-state index in [1.807, 2.05) is 13.2 Å². The van der Waals surface area contributed by atoms with E-state index in [1.54, 1.807) is 18.7 Å². The Bertz CT molecular complexity index is 185. The van der Waals surface area contributed by atoms with E-state index in [0.29, 0.717) is 0 Å². The largest absolute Gasteiger partial charge is 0.409 e. The third kappa shape index (κ3) is 4.17. The molecule has 0 saturated carbocycles. The topological polar surface area (TPSA) is 90.9 Å². The Morgan fingerprint density at radius 1 is 1.57 bits per heavy atom. The minimum atomic E-state index is -0.198. The highest BCUT2D eigenvalue weighted by Gasteiger charge is 2.18. The van der Waals surface area contributed by atoms with Crippen LogP contribution in [0, 0.1) is 0 Å². The number of thioether (sulfide) groups is 1. The summed E-state index contributed by atoms with van der Waals surface area (Å²) in [6, 6.07) is -0.0958. The summed E-state index contributed by atoms with van der Waals surface area (Å²) in [5.41, 5.74) is 5.42. The first-order valence-electron chi connectivity index (χ1n) is 4.43. The SMILES string of the molecule is CSC(CO)C(C)NC(C)C(N)=NO. The van der Waals surface area contributed by atoms with Gasteiger partial charge in [0.2, 0.25) is 0 Å². The van der Waals surface area contributed by atoms with Crippen LogP contribution in [0.15, 0.2) is 5.16 Å². The molecule has 0 aromatic rings. The molecule has 0 rings (SSSR count).